The molecule has 4 aromatic rings. The van der Waals surface area contributed by atoms with E-state index in [0.29, 0.717) is 33.5 Å². The van der Waals surface area contributed by atoms with Gasteiger partial charge in [-0.3, -0.25) is 9.98 Å². The molecule has 4 rings (SSSR count). The third-order valence-corrected chi connectivity index (χ3v) is 4.02. The molecule has 0 fully saturated rings. The monoisotopic (exact) mass is 341 g/mol. The summed E-state index contributed by atoms with van der Waals surface area (Å²) in [4.78, 5) is 13.4. The summed E-state index contributed by atoms with van der Waals surface area (Å²) in [5.41, 5.74) is 3.87. The van der Waals surface area contributed by atoms with Gasteiger partial charge in [0, 0.05) is 23.5 Å². The standard InChI is InChI=1S/C21H15N3O2/c25-19-7-3-1-5-14(19)13-23-18-11-12-22-17-10-9-16(24-21(17)18)15-6-2-4-8-20(15)26/h1-13,25-26H. The predicted molar refractivity (Wildman–Crippen MR) is 102 cm³/mol. The lowest BCUT2D eigenvalue weighted by Gasteiger charge is -2.06. The summed E-state index contributed by atoms with van der Waals surface area (Å²) < 4.78 is 0. The van der Waals surface area contributed by atoms with Crippen molar-refractivity contribution in [1.82, 2.24) is 9.97 Å². The van der Waals surface area contributed by atoms with Crippen molar-refractivity contribution in [3.63, 3.8) is 0 Å². The van der Waals surface area contributed by atoms with Gasteiger partial charge in [0.1, 0.15) is 17.0 Å². The molecule has 2 aromatic heterocycles. The molecular weight excluding hydrogens is 326 g/mol. The van der Waals surface area contributed by atoms with Crippen LogP contribution in [0.15, 0.2) is 77.9 Å². The van der Waals surface area contributed by atoms with E-state index in [0.717, 1.165) is 0 Å². The number of hydrogen-bond acceptors (Lipinski definition) is 5. The van der Waals surface area contributed by atoms with Crippen molar-refractivity contribution in [1.29, 1.82) is 0 Å². The number of aromatic hydroxyl groups is 2. The Balaban J connectivity index is 1.82. The fraction of sp³-hybridized carbons (Fsp3) is 0. The van der Waals surface area contributed by atoms with Gasteiger partial charge in [0.05, 0.1) is 16.9 Å². The van der Waals surface area contributed by atoms with Crippen LogP contribution in [-0.2, 0) is 0 Å². The number of fused-ring (bicyclic) bond motifs is 1. The zero-order valence-corrected chi connectivity index (χ0v) is 13.7. The Morgan fingerprint density at radius 3 is 2.38 bits per heavy atom. The molecule has 0 spiro atoms. The Hall–Kier alpha value is -3.73. The number of aromatic nitrogens is 2. The van der Waals surface area contributed by atoms with Crippen LogP contribution in [0.4, 0.5) is 5.69 Å². The van der Waals surface area contributed by atoms with Crippen LogP contribution >= 0.6 is 0 Å². The first-order valence-electron chi connectivity index (χ1n) is 8.08. The molecule has 5 heteroatoms. The third-order valence-electron chi connectivity index (χ3n) is 4.02. The van der Waals surface area contributed by atoms with Crippen molar-refractivity contribution in [3.8, 4) is 22.8 Å². The molecule has 0 aliphatic rings. The van der Waals surface area contributed by atoms with E-state index in [9.17, 15) is 10.2 Å². The molecule has 0 amide bonds. The van der Waals surface area contributed by atoms with Gasteiger partial charge in [-0.05, 0) is 42.5 Å². The number of pyridine rings is 2. The van der Waals surface area contributed by atoms with Crippen LogP contribution in [0.3, 0.4) is 0 Å². The number of nitrogens with zero attached hydrogens (tertiary/aromatic N) is 3. The molecule has 2 aromatic carbocycles. The van der Waals surface area contributed by atoms with E-state index in [1.165, 1.54) is 0 Å². The first kappa shape index (κ1) is 15.8. The number of hydrogen-bond donors (Lipinski definition) is 2. The van der Waals surface area contributed by atoms with Gasteiger partial charge in [-0.25, -0.2) is 4.98 Å². The van der Waals surface area contributed by atoms with Gasteiger partial charge < -0.3 is 10.2 Å². The lowest BCUT2D eigenvalue weighted by Crippen LogP contribution is -1.89. The molecule has 0 saturated heterocycles. The second-order valence-electron chi connectivity index (χ2n) is 5.73. The van der Waals surface area contributed by atoms with Gasteiger partial charge in [-0.15, -0.1) is 0 Å². The Labute approximate surface area is 150 Å². The second-order valence-corrected chi connectivity index (χ2v) is 5.73. The molecule has 0 saturated carbocycles. The maximum atomic E-state index is 10.1. The molecule has 2 N–H and O–H groups in total. The van der Waals surface area contributed by atoms with Gasteiger partial charge >= 0.3 is 0 Å². The van der Waals surface area contributed by atoms with Crippen molar-refractivity contribution >= 4 is 22.9 Å². The highest BCUT2D eigenvalue weighted by atomic mass is 16.3. The van der Waals surface area contributed by atoms with Crippen molar-refractivity contribution in [2.75, 3.05) is 0 Å². The molecule has 26 heavy (non-hydrogen) atoms. The van der Waals surface area contributed by atoms with E-state index in [1.54, 1.807) is 48.8 Å². The van der Waals surface area contributed by atoms with Crippen LogP contribution in [-0.4, -0.2) is 26.4 Å². The first-order valence-corrected chi connectivity index (χ1v) is 8.08. The van der Waals surface area contributed by atoms with E-state index < -0.39 is 0 Å². The first-order chi connectivity index (χ1) is 12.7. The predicted octanol–water partition coefficient (Wildman–Crippen LogP) is 4.46. The number of rotatable bonds is 3. The summed E-state index contributed by atoms with van der Waals surface area (Å²) in [5, 5.41) is 20.0. The average molecular weight is 341 g/mol. The Morgan fingerprint density at radius 1 is 0.808 bits per heavy atom. The number of phenolic OH excluding ortho intramolecular Hbond substituents is 2. The lowest BCUT2D eigenvalue weighted by atomic mass is 10.1. The molecular formula is C21H15N3O2. The van der Waals surface area contributed by atoms with E-state index in [1.807, 2.05) is 30.3 Å². The minimum Gasteiger partial charge on any atom is -0.507 e. The third kappa shape index (κ3) is 2.98. The number of para-hydroxylation sites is 2. The minimum atomic E-state index is 0.164. The summed E-state index contributed by atoms with van der Waals surface area (Å²) in [7, 11) is 0. The van der Waals surface area contributed by atoms with Crippen LogP contribution < -0.4 is 0 Å². The Kier molecular flexibility index (Phi) is 4.03. The van der Waals surface area contributed by atoms with Crippen LogP contribution in [0, 0.1) is 0 Å². The second kappa shape index (κ2) is 6.64. The smallest absolute Gasteiger partial charge is 0.124 e. The minimum absolute atomic E-state index is 0.164. The van der Waals surface area contributed by atoms with Crippen LogP contribution in [0.5, 0.6) is 11.5 Å². The summed E-state index contributed by atoms with van der Waals surface area (Å²) in [6.07, 6.45) is 3.26. The molecule has 2 heterocycles. The number of phenols is 2. The zero-order chi connectivity index (χ0) is 17.9. The fourth-order valence-corrected chi connectivity index (χ4v) is 2.69. The summed E-state index contributed by atoms with van der Waals surface area (Å²) in [5.74, 6) is 0.333. The van der Waals surface area contributed by atoms with Gasteiger partial charge in [-0.2, -0.15) is 0 Å². The van der Waals surface area contributed by atoms with Crippen LogP contribution in [0.2, 0.25) is 0 Å². The number of aliphatic imine (C=N–C) groups is 1. The SMILES string of the molecule is Oc1ccccc1C=Nc1ccnc2ccc(-c3ccccc3O)nc12. The molecule has 0 radical (unpaired) electrons. The fourth-order valence-electron chi connectivity index (χ4n) is 2.69. The highest BCUT2D eigenvalue weighted by Gasteiger charge is 2.09. The summed E-state index contributed by atoms with van der Waals surface area (Å²) in [6, 6.07) is 19.5. The van der Waals surface area contributed by atoms with E-state index in [4.69, 9.17) is 0 Å². The maximum Gasteiger partial charge on any atom is 0.124 e. The van der Waals surface area contributed by atoms with E-state index in [-0.39, 0.29) is 11.5 Å². The van der Waals surface area contributed by atoms with Gasteiger partial charge in [0.25, 0.3) is 0 Å². The zero-order valence-electron chi connectivity index (χ0n) is 13.7. The van der Waals surface area contributed by atoms with Crippen molar-refractivity contribution < 1.29 is 10.2 Å². The Morgan fingerprint density at radius 2 is 1.58 bits per heavy atom. The van der Waals surface area contributed by atoms with Gasteiger partial charge in [0.2, 0.25) is 0 Å². The molecule has 0 unspecified atom stereocenters. The van der Waals surface area contributed by atoms with Crippen LogP contribution in [0.25, 0.3) is 22.3 Å². The van der Waals surface area contributed by atoms with Gasteiger partial charge in [-0.1, -0.05) is 24.3 Å². The maximum absolute atomic E-state index is 10.1. The van der Waals surface area contributed by atoms with Crippen molar-refractivity contribution in [3.05, 3.63) is 78.5 Å². The van der Waals surface area contributed by atoms with Crippen molar-refractivity contribution in [2.45, 2.75) is 0 Å². The normalized spacial score (nSPS) is 11.2. The molecule has 0 bridgehead atoms. The summed E-state index contributed by atoms with van der Waals surface area (Å²) in [6.45, 7) is 0. The largest absolute Gasteiger partial charge is 0.507 e. The molecule has 5 nitrogen and oxygen atoms in total. The topological polar surface area (TPSA) is 78.6 Å². The Bertz CT molecular complexity index is 1120. The van der Waals surface area contributed by atoms with Crippen molar-refractivity contribution in [2.24, 2.45) is 4.99 Å². The van der Waals surface area contributed by atoms with Gasteiger partial charge in [0.15, 0.2) is 0 Å². The molecule has 0 aliphatic heterocycles. The van der Waals surface area contributed by atoms with E-state index >= 15 is 0 Å². The molecule has 0 aliphatic carbocycles. The van der Waals surface area contributed by atoms with Crippen LogP contribution in [0.1, 0.15) is 5.56 Å². The lowest BCUT2D eigenvalue weighted by molar-refractivity contribution is 0.474. The van der Waals surface area contributed by atoms with E-state index in [2.05, 4.69) is 15.0 Å². The quantitative estimate of drug-likeness (QED) is 0.539. The molecule has 126 valence electrons. The number of benzene rings is 2. The summed E-state index contributed by atoms with van der Waals surface area (Å²) >= 11 is 0. The highest BCUT2D eigenvalue weighted by molar-refractivity contribution is 5.92. The highest BCUT2D eigenvalue weighted by Crippen LogP contribution is 2.30. The molecule has 0 atom stereocenters. The average Bonchev–Trinajstić information content (AvgIpc) is 2.67.